The molecule has 0 amide bonds. The van der Waals surface area contributed by atoms with E-state index < -0.39 is 31.4 Å². The normalized spacial score (nSPS) is 14.6. The highest BCUT2D eigenvalue weighted by atomic mass is 28.5. The Bertz CT molecular complexity index is 382. The Balaban J connectivity index is 4.83. The molecular weight excluding hydrogens is 332 g/mol. The Kier molecular flexibility index (Phi) is 7.93. The second-order valence-corrected chi connectivity index (χ2v) is 19.7. The van der Waals surface area contributed by atoms with Crippen LogP contribution in [0.15, 0.2) is 12.2 Å². The van der Waals surface area contributed by atoms with E-state index in [1.54, 1.807) is 6.92 Å². The third kappa shape index (κ3) is 10.5. The van der Waals surface area contributed by atoms with Gasteiger partial charge in [-0.2, -0.15) is 0 Å². The molecule has 0 aliphatic carbocycles. The van der Waals surface area contributed by atoms with Gasteiger partial charge in [0.2, 0.25) is 0 Å². The molecule has 0 aliphatic rings. The summed E-state index contributed by atoms with van der Waals surface area (Å²) in [7, 11) is -7.14. The van der Waals surface area contributed by atoms with E-state index in [-0.39, 0.29) is 12.5 Å². The van der Waals surface area contributed by atoms with Gasteiger partial charge in [0.15, 0.2) is 16.6 Å². The molecule has 22 heavy (non-hydrogen) atoms. The highest BCUT2D eigenvalue weighted by molar-refractivity contribution is 6.85. The molecule has 1 atom stereocenters. The van der Waals surface area contributed by atoms with E-state index in [0.717, 1.165) is 0 Å². The van der Waals surface area contributed by atoms with Crippen molar-refractivity contribution in [2.75, 3.05) is 6.61 Å². The van der Waals surface area contributed by atoms with E-state index in [1.807, 2.05) is 46.2 Å². The number of ether oxygens (including phenoxy) is 1. The third-order valence-corrected chi connectivity index (χ3v) is 11.0. The topological polar surface area (TPSA) is 65.0 Å². The van der Waals surface area contributed by atoms with Gasteiger partial charge in [0.1, 0.15) is 0 Å². The molecule has 0 radical (unpaired) electrons. The minimum Gasteiger partial charge on any atom is -0.462 e. The third-order valence-electron chi connectivity index (χ3n) is 2.39. The number of carbonyl (C=O) groups is 1. The molecule has 0 spiro atoms. The number of esters is 1. The zero-order valence-electron chi connectivity index (χ0n) is 15.3. The van der Waals surface area contributed by atoms with E-state index in [1.165, 1.54) is 0 Å². The number of rotatable bonds is 9. The van der Waals surface area contributed by atoms with Crippen LogP contribution in [0.1, 0.15) is 13.8 Å². The number of hydrogen-bond acceptors (Lipinski definition) is 5. The zero-order chi connectivity index (χ0) is 17.8. The lowest BCUT2D eigenvalue weighted by Gasteiger charge is -2.37. The van der Waals surface area contributed by atoms with E-state index in [4.69, 9.17) is 13.0 Å². The molecule has 0 saturated carbocycles. The van der Waals surface area contributed by atoms with Crippen LogP contribution in [-0.4, -0.2) is 42.8 Å². The number of carbonyl (C=O) groups excluding carboxylic acids is 1. The maximum Gasteiger partial charge on any atom is 0.477 e. The van der Waals surface area contributed by atoms with Gasteiger partial charge in [-0.15, -0.1) is 0 Å². The molecule has 5 nitrogen and oxygen atoms in total. The minimum atomic E-state index is -3.27. The highest BCUT2D eigenvalue weighted by Crippen LogP contribution is 2.25. The Hall–Kier alpha value is -0.259. The molecule has 0 rings (SSSR count). The summed E-state index contributed by atoms with van der Waals surface area (Å²) in [6.45, 7) is 19.5. The molecule has 0 fully saturated rings. The largest absolute Gasteiger partial charge is 0.477 e. The van der Waals surface area contributed by atoms with Crippen LogP contribution in [0.2, 0.25) is 45.3 Å². The summed E-state index contributed by atoms with van der Waals surface area (Å²) in [6.07, 6.45) is 0. The van der Waals surface area contributed by atoms with Crippen molar-refractivity contribution in [2.24, 2.45) is 5.92 Å². The SMILES string of the molecule is C=C(C)C(=O)OCC(C)C[Si](O)(O[Si](C)(C)C)O[Si](C)(C)C. The first kappa shape index (κ1) is 21.7. The molecule has 0 aromatic carbocycles. The molecule has 1 unspecified atom stereocenters. The lowest BCUT2D eigenvalue weighted by atomic mass is 10.2. The van der Waals surface area contributed by atoms with Gasteiger partial charge >= 0.3 is 14.8 Å². The molecular formula is C14H32O5Si3. The molecule has 130 valence electrons. The van der Waals surface area contributed by atoms with E-state index in [2.05, 4.69) is 6.58 Å². The summed E-state index contributed by atoms with van der Waals surface area (Å²) in [5.41, 5.74) is 0.372. The smallest absolute Gasteiger partial charge is 0.462 e. The maximum absolute atomic E-state index is 11.4. The zero-order valence-corrected chi connectivity index (χ0v) is 18.3. The maximum atomic E-state index is 11.4. The summed E-state index contributed by atoms with van der Waals surface area (Å²) in [5.74, 6) is -0.443. The van der Waals surface area contributed by atoms with Crippen LogP contribution >= 0.6 is 0 Å². The van der Waals surface area contributed by atoms with Crippen molar-refractivity contribution in [1.29, 1.82) is 0 Å². The standard InChI is InChI=1S/C14H32O5Si3/c1-12(2)14(15)17-10-13(3)11-22(16,18-20(4,5)6)19-21(7,8)9/h13,16H,1,10-11H2,2-9H3. The second-order valence-electron chi connectivity index (χ2n) is 7.83. The van der Waals surface area contributed by atoms with Crippen molar-refractivity contribution in [3.05, 3.63) is 12.2 Å². The highest BCUT2D eigenvalue weighted by Gasteiger charge is 2.45. The van der Waals surface area contributed by atoms with Gasteiger partial charge in [-0.3, -0.25) is 0 Å². The quantitative estimate of drug-likeness (QED) is 0.386. The molecule has 1 N–H and O–H groups in total. The van der Waals surface area contributed by atoms with Gasteiger partial charge in [-0.1, -0.05) is 13.5 Å². The first-order valence-corrected chi connectivity index (χ1v) is 16.4. The van der Waals surface area contributed by atoms with E-state index >= 15 is 0 Å². The average molecular weight is 365 g/mol. The molecule has 0 heterocycles. The fourth-order valence-electron chi connectivity index (χ4n) is 1.90. The van der Waals surface area contributed by atoms with Crippen molar-refractivity contribution < 1.29 is 22.6 Å². The first-order chi connectivity index (χ1) is 9.64. The van der Waals surface area contributed by atoms with E-state index in [9.17, 15) is 9.59 Å². The summed E-state index contributed by atoms with van der Waals surface area (Å²) in [6, 6.07) is 0.394. The summed E-state index contributed by atoms with van der Waals surface area (Å²) < 4.78 is 17.2. The molecule has 0 aromatic rings. The predicted octanol–water partition coefficient (Wildman–Crippen LogP) is 3.38. The monoisotopic (exact) mass is 364 g/mol. The van der Waals surface area contributed by atoms with Gasteiger partial charge in [-0.25, -0.2) is 4.79 Å². The van der Waals surface area contributed by atoms with Crippen molar-refractivity contribution in [2.45, 2.75) is 59.2 Å². The van der Waals surface area contributed by atoms with Crippen molar-refractivity contribution >= 4 is 31.4 Å². The molecule has 0 aromatic heterocycles. The van der Waals surface area contributed by atoms with Gasteiger partial charge in [-0.05, 0) is 52.1 Å². The lowest BCUT2D eigenvalue weighted by Crippen LogP contribution is -2.55. The molecule has 0 aliphatic heterocycles. The van der Waals surface area contributed by atoms with Gasteiger partial charge in [0.05, 0.1) is 6.61 Å². The van der Waals surface area contributed by atoms with Crippen molar-refractivity contribution in [3.63, 3.8) is 0 Å². The van der Waals surface area contributed by atoms with E-state index in [0.29, 0.717) is 11.6 Å². The summed E-state index contributed by atoms with van der Waals surface area (Å²) >= 11 is 0. The Morgan fingerprint density at radius 1 is 1.09 bits per heavy atom. The fourth-order valence-corrected chi connectivity index (χ4v) is 11.8. The van der Waals surface area contributed by atoms with Crippen LogP contribution in [0.5, 0.6) is 0 Å². The predicted molar refractivity (Wildman–Crippen MR) is 96.6 cm³/mol. The summed E-state index contributed by atoms with van der Waals surface area (Å²) in [4.78, 5) is 22.4. The first-order valence-electron chi connectivity index (χ1n) is 7.59. The van der Waals surface area contributed by atoms with Gasteiger partial charge in [0, 0.05) is 11.6 Å². The molecule has 0 bridgehead atoms. The average Bonchev–Trinajstić information content (AvgIpc) is 2.18. The van der Waals surface area contributed by atoms with Crippen LogP contribution in [0.4, 0.5) is 0 Å². The van der Waals surface area contributed by atoms with Crippen LogP contribution in [0, 0.1) is 5.92 Å². The lowest BCUT2D eigenvalue weighted by molar-refractivity contribution is -0.140. The Morgan fingerprint density at radius 2 is 1.50 bits per heavy atom. The minimum absolute atomic E-state index is 0.0346. The van der Waals surface area contributed by atoms with Crippen molar-refractivity contribution in [1.82, 2.24) is 0 Å². The van der Waals surface area contributed by atoms with Crippen LogP contribution in [-0.2, 0) is 17.8 Å². The Labute approximate surface area is 138 Å². The summed E-state index contributed by atoms with van der Waals surface area (Å²) in [5, 5.41) is 0. The second kappa shape index (κ2) is 8.02. The Morgan fingerprint density at radius 3 is 1.82 bits per heavy atom. The van der Waals surface area contributed by atoms with Gasteiger partial charge < -0.3 is 17.8 Å². The van der Waals surface area contributed by atoms with Crippen LogP contribution < -0.4 is 0 Å². The molecule has 0 saturated heterocycles. The number of hydrogen-bond donors (Lipinski definition) is 1. The van der Waals surface area contributed by atoms with Gasteiger partial charge in [0.25, 0.3) is 0 Å². The van der Waals surface area contributed by atoms with Crippen LogP contribution in [0.3, 0.4) is 0 Å². The molecule has 8 heteroatoms. The fraction of sp³-hybridized carbons (Fsp3) is 0.786. The van der Waals surface area contributed by atoms with Crippen molar-refractivity contribution in [3.8, 4) is 0 Å². The van der Waals surface area contributed by atoms with Crippen LogP contribution in [0.25, 0.3) is 0 Å².